The third kappa shape index (κ3) is 20.3. The van der Waals surface area contributed by atoms with Gasteiger partial charge in [-0.2, -0.15) is 0 Å². The minimum Gasteiger partial charge on any atom is -0.450 e. The standard InChI is InChI=1S/C32H55N3O5/c1-3-4-5-6-7-8-9-10-11-12-13-14-15-16-19-25-34-31(37)39-26-21-17-22-27-40-32(38)35(29(2)36)28-30-23-18-20-24-33-30/h18,20,23-24H,3-17,19,21-22,25-28H2,1-2H3,(H,34,37). The molecule has 8 nitrogen and oxygen atoms in total. The van der Waals surface area contributed by atoms with E-state index in [1.807, 2.05) is 0 Å². The topological polar surface area (TPSA) is 97.8 Å². The lowest BCUT2D eigenvalue weighted by molar-refractivity contribution is -0.127. The number of imide groups is 1. The van der Waals surface area contributed by atoms with Crippen LogP contribution in [0.1, 0.15) is 135 Å². The predicted octanol–water partition coefficient (Wildman–Crippen LogP) is 8.33. The molecule has 0 aliphatic carbocycles. The molecule has 0 saturated carbocycles. The van der Waals surface area contributed by atoms with E-state index < -0.39 is 6.09 Å². The number of pyridine rings is 1. The van der Waals surface area contributed by atoms with Crippen LogP contribution in [0.5, 0.6) is 0 Å². The zero-order valence-electron chi connectivity index (χ0n) is 25.3. The second-order valence-corrected chi connectivity index (χ2v) is 10.6. The smallest absolute Gasteiger partial charge is 0.416 e. The van der Waals surface area contributed by atoms with E-state index in [4.69, 9.17) is 9.47 Å². The zero-order chi connectivity index (χ0) is 29.1. The summed E-state index contributed by atoms with van der Waals surface area (Å²) >= 11 is 0. The summed E-state index contributed by atoms with van der Waals surface area (Å²) in [5.41, 5.74) is 0.615. The van der Waals surface area contributed by atoms with Crippen molar-refractivity contribution in [2.75, 3.05) is 19.8 Å². The highest BCUT2D eigenvalue weighted by Crippen LogP contribution is 2.13. The number of rotatable bonds is 24. The largest absolute Gasteiger partial charge is 0.450 e. The summed E-state index contributed by atoms with van der Waals surface area (Å²) in [6.45, 7) is 4.86. The van der Waals surface area contributed by atoms with Crippen LogP contribution in [-0.4, -0.2) is 47.7 Å². The number of nitrogens with one attached hydrogen (secondary N) is 1. The molecule has 0 unspecified atom stereocenters. The van der Waals surface area contributed by atoms with E-state index >= 15 is 0 Å². The molecule has 0 aliphatic heterocycles. The lowest BCUT2D eigenvalue weighted by atomic mass is 10.0. The molecule has 0 saturated heterocycles. The molecule has 228 valence electrons. The van der Waals surface area contributed by atoms with Gasteiger partial charge in [0.2, 0.25) is 5.91 Å². The minimum absolute atomic E-state index is 0.0807. The normalized spacial score (nSPS) is 10.8. The molecule has 0 bridgehead atoms. The fourth-order valence-corrected chi connectivity index (χ4v) is 4.48. The van der Waals surface area contributed by atoms with E-state index in [9.17, 15) is 14.4 Å². The first-order valence-corrected chi connectivity index (χ1v) is 15.8. The molecule has 40 heavy (non-hydrogen) atoms. The number of carbonyl (C=O) groups is 3. The van der Waals surface area contributed by atoms with Gasteiger partial charge < -0.3 is 14.8 Å². The van der Waals surface area contributed by atoms with E-state index in [2.05, 4.69) is 17.2 Å². The number of unbranched alkanes of at least 4 members (excludes halogenated alkanes) is 16. The van der Waals surface area contributed by atoms with E-state index in [1.54, 1.807) is 24.4 Å². The molecule has 3 amide bonds. The fourth-order valence-electron chi connectivity index (χ4n) is 4.48. The van der Waals surface area contributed by atoms with Gasteiger partial charge in [0.25, 0.3) is 0 Å². The monoisotopic (exact) mass is 561 g/mol. The van der Waals surface area contributed by atoms with Gasteiger partial charge in [-0.15, -0.1) is 0 Å². The third-order valence-electron chi connectivity index (χ3n) is 6.94. The molecule has 0 aromatic carbocycles. The first-order valence-electron chi connectivity index (χ1n) is 15.8. The average Bonchev–Trinajstić information content (AvgIpc) is 2.95. The molecular formula is C32H55N3O5. The van der Waals surface area contributed by atoms with Crippen molar-refractivity contribution in [3.63, 3.8) is 0 Å². The van der Waals surface area contributed by atoms with Gasteiger partial charge in [-0.1, -0.05) is 103 Å². The first-order chi connectivity index (χ1) is 19.5. The highest BCUT2D eigenvalue weighted by atomic mass is 16.6. The molecule has 0 aliphatic rings. The van der Waals surface area contributed by atoms with Crippen LogP contribution in [0.4, 0.5) is 9.59 Å². The van der Waals surface area contributed by atoms with Gasteiger partial charge in [-0.3, -0.25) is 9.78 Å². The number of nitrogens with zero attached hydrogens (tertiary/aromatic N) is 2. The molecule has 0 radical (unpaired) electrons. The predicted molar refractivity (Wildman–Crippen MR) is 160 cm³/mol. The minimum atomic E-state index is -0.674. The summed E-state index contributed by atoms with van der Waals surface area (Å²) in [5.74, 6) is -0.389. The van der Waals surface area contributed by atoms with Crippen molar-refractivity contribution >= 4 is 18.1 Å². The zero-order valence-corrected chi connectivity index (χ0v) is 25.3. The summed E-state index contributed by atoms with van der Waals surface area (Å²) in [7, 11) is 0. The van der Waals surface area contributed by atoms with Gasteiger partial charge in [-0.25, -0.2) is 14.5 Å². The summed E-state index contributed by atoms with van der Waals surface area (Å²) in [5, 5.41) is 2.82. The Kier molecular flexibility index (Phi) is 22.4. The molecular weight excluding hydrogens is 506 g/mol. The third-order valence-corrected chi connectivity index (χ3v) is 6.94. The number of carbonyl (C=O) groups excluding carboxylic acids is 3. The Balaban J connectivity index is 1.87. The second-order valence-electron chi connectivity index (χ2n) is 10.6. The molecule has 0 fully saturated rings. The van der Waals surface area contributed by atoms with Crippen molar-refractivity contribution in [2.45, 2.75) is 136 Å². The fraction of sp³-hybridized carbons (Fsp3) is 0.750. The SMILES string of the molecule is CCCCCCCCCCCCCCCCCNC(=O)OCCCCCOC(=O)N(Cc1ccccn1)C(C)=O. The molecule has 0 spiro atoms. The van der Waals surface area contributed by atoms with Crippen molar-refractivity contribution in [3.8, 4) is 0 Å². The number of alkyl carbamates (subject to hydrolysis) is 1. The molecule has 1 aromatic rings. The van der Waals surface area contributed by atoms with Crippen molar-refractivity contribution < 1.29 is 23.9 Å². The number of hydrogen-bond acceptors (Lipinski definition) is 6. The maximum Gasteiger partial charge on any atom is 0.416 e. The van der Waals surface area contributed by atoms with Gasteiger partial charge in [0.05, 0.1) is 25.5 Å². The van der Waals surface area contributed by atoms with Crippen LogP contribution in [0.25, 0.3) is 0 Å². The second kappa shape index (κ2) is 25.3. The number of hydrogen-bond donors (Lipinski definition) is 1. The lowest BCUT2D eigenvalue weighted by Crippen LogP contribution is -2.35. The van der Waals surface area contributed by atoms with Gasteiger partial charge >= 0.3 is 12.2 Å². The Morgan fingerprint density at radius 2 is 1.25 bits per heavy atom. The van der Waals surface area contributed by atoms with Crippen LogP contribution >= 0.6 is 0 Å². The Bertz CT molecular complexity index is 775. The van der Waals surface area contributed by atoms with Crippen molar-refractivity contribution in [1.82, 2.24) is 15.2 Å². The molecule has 1 aromatic heterocycles. The highest BCUT2D eigenvalue weighted by molar-refractivity contribution is 5.90. The van der Waals surface area contributed by atoms with E-state index in [0.717, 1.165) is 24.2 Å². The van der Waals surface area contributed by atoms with E-state index in [-0.39, 0.29) is 25.2 Å². The quantitative estimate of drug-likeness (QED) is 0.127. The van der Waals surface area contributed by atoms with Crippen molar-refractivity contribution in [3.05, 3.63) is 30.1 Å². The average molecular weight is 562 g/mol. The molecule has 8 heteroatoms. The molecule has 1 rings (SSSR count). The van der Waals surface area contributed by atoms with Crippen LogP contribution in [0.15, 0.2) is 24.4 Å². The molecule has 1 heterocycles. The molecule has 0 atom stereocenters. The molecule has 1 N–H and O–H groups in total. The summed E-state index contributed by atoms with van der Waals surface area (Å²) in [4.78, 5) is 41.0. The van der Waals surface area contributed by atoms with Gasteiger partial charge in [0.15, 0.2) is 0 Å². The number of ether oxygens (including phenoxy) is 2. The van der Waals surface area contributed by atoms with Crippen molar-refractivity contribution in [1.29, 1.82) is 0 Å². The Morgan fingerprint density at radius 3 is 1.77 bits per heavy atom. The van der Waals surface area contributed by atoms with Crippen molar-refractivity contribution in [2.24, 2.45) is 0 Å². The first kappa shape index (κ1) is 35.4. The summed E-state index contributed by atoms with van der Waals surface area (Å²) < 4.78 is 10.4. The number of amides is 3. The van der Waals surface area contributed by atoms with Crippen LogP contribution in [0.3, 0.4) is 0 Å². The maximum absolute atomic E-state index is 12.2. The maximum atomic E-state index is 12.2. The van der Waals surface area contributed by atoms with Gasteiger partial charge in [-0.05, 0) is 37.8 Å². The highest BCUT2D eigenvalue weighted by Gasteiger charge is 2.20. The van der Waals surface area contributed by atoms with Gasteiger partial charge in [0.1, 0.15) is 0 Å². The van der Waals surface area contributed by atoms with E-state index in [1.165, 1.54) is 90.4 Å². The van der Waals surface area contributed by atoms with Crippen LogP contribution in [0, 0.1) is 0 Å². The Morgan fingerprint density at radius 1 is 0.725 bits per heavy atom. The van der Waals surface area contributed by atoms with Gasteiger partial charge in [0, 0.05) is 19.7 Å². The van der Waals surface area contributed by atoms with Crippen LogP contribution in [0.2, 0.25) is 0 Å². The van der Waals surface area contributed by atoms with E-state index in [0.29, 0.717) is 31.7 Å². The van der Waals surface area contributed by atoms with Crippen LogP contribution < -0.4 is 5.32 Å². The summed E-state index contributed by atoms with van der Waals surface area (Å²) in [6, 6.07) is 5.32. The number of aromatic nitrogens is 1. The van der Waals surface area contributed by atoms with Crippen LogP contribution in [-0.2, 0) is 20.8 Å². The lowest BCUT2D eigenvalue weighted by Gasteiger charge is -2.18. The Labute approximate surface area is 243 Å². The summed E-state index contributed by atoms with van der Waals surface area (Å²) in [6.07, 6.45) is 22.5. The Hall–Kier alpha value is -2.64.